The van der Waals surface area contributed by atoms with E-state index in [1.54, 1.807) is 24.4 Å². The van der Waals surface area contributed by atoms with Gasteiger partial charge in [0.1, 0.15) is 17.3 Å². The maximum absolute atomic E-state index is 14.5. The number of nitrogens with zero attached hydrogens (tertiary/aromatic N) is 2. The van der Waals surface area contributed by atoms with Gasteiger partial charge in [-0.1, -0.05) is 83.8 Å². The minimum Gasteiger partial charge on any atom is -0.664 e. The van der Waals surface area contributed by atoms with Crippen LogP contribution in [-0.2, 0) is 35.3 Å². The maximum Gasteiger partial charge on any atom is 0.161 e. The van der Waals surface area contributed by atoms with Gasteiger partial charge >= 0.3 is 0 Å². The molecule has 3 aromatic carbocycles. The van der Waals surface area contributed by atoms with Crippen molar-refractivity contribution in [2.75, 3.05) is 6.54 Å². The highest BCUT2D eigenvalue weighted by atomic mass is 16.5. The third kappa shape index (κ3) is 8.63. The van der Waals surface area contributed by atoms with Crippen LogP contribution in [0.5, 0.6) is 17.2 Å². The number of fused-ring (bicyclic) bond motifs is 7. The van der Waals surface area contributed by atoms with Crippen LogP contribution in [0.1, 0.15) is 102 Å². The first-order chi connectivity index (χ1) is 27.3. The Morgan fingerprint density at radius 1 is 0.857 bits per heavy atom. The summed E-state index contributed by atoms with van der Waals surface area (Å²) in [7, 11) is 0. The number of rotatable bonds is 7. The number of aromatic nitrogens is 2. The molecule has 2 aliphatic carbocycles. The SMILES string of the molecule is O=C1CCc2cc(c(O)c(OC3CCCC3)c2)Cc2cccc(c2)Cc2cc[nH]c2[N-]CC2=Cc3[n-]ccc3[C@H](C[C@H](O)CCc3cccc(O)c3)[C@@H]2C(=O)C1. The molecule has 0 unspecified atom stereocenters. The summed E-state index contributed by atoms with van der Waals surface area (Å²) in [6, 6.07) is 23.2. The number of Topliss-reactive ketones (excluding diaryl/α,β-unsaturated/α-hetero) is 2. The Hall–Kier alpha value is -5.54. The molecule has 9 heteroatoms. The lowest BCUT2D eigenvalue weighted by atomic mass is 9.71. The number of aromatic amines is 1. The van der Waals surface area contributed by atoms with Crippen LogP contribution >= 0.6 is 0 Å². The molecular weight excluding hydrogens is 703 g/mol. The number of phenols is 2. The van der Waals surface area contributed by atoms with E-state index in [9.17, 15) is 24.9 Å². The number of aryl methyl sites for hydroxylation is 2. The predicted octanol–water partition coefficient (Wildman–Crippen LogP) is 8.55. The van der Waals surface area contributed by atoms with E-state index in [0.29, 0.717) is 44.3 Å². The van der Waals surface area contributed by atoms with Crippen molar-refractivity contribution < 1.29 is 29.6 Å². The molecule has 3 heterocycles. The normalized spacial score (nSPS) is 19.7. The van der Waals surface area contributed by atoms with Crippen molar-refractivity contribution in [2.45, 2.75) is 95.2 Å². The third-order valence-corrected chi connectivity index (χ3v) is 11.7. The van der Waals surface area contributed by atoms with E-state index in [2.05, 4.69) is 28.2 Å². The van der Waals surface area contributed by atoms with E-state index in [0.717, 1.165) is 81.7 Å². The third-order valence-electron chi connectivity index (χ3n) is 11.7. The molecule has 0 amide bonds. The van der Waals surface area contributed by atoms with Gasteiger partial charge < -0.3 is 35.3 Å². The number of ether oxygens (including phenoxy) is 1. The lowest BCUT2D eigenvalue weighted by molar-refractivity contribution is -0.129. The second kappa shape index (κ2) is 16.7. The molecule has 3 aliphatic rings. The van der Waals surface area contributed by atoms with Crippen molar-refractivity contribution in [2.24, 2.45) is 5.92 Å². The minimum absolute atomic E-state index is 0.0520. The van der Waals surface area contributed by atoms with Crippen LogP contribution in [0.4, 0.5) is 5.82 Å². The molecule has 0 saturated heterocycles. The van der Waals surface area contributed by atoms with Gasteiger partial charge in [0.15, 0.2) is 11.5 Å². The predicted molar refractivity (Wildman–Crippen MR) is 216 cm³/mol. The summed E-state index contributed by atoms with van der Waals surface area (Å²) in [6.45, 7) is 0.231. The van der Waals surface area contributed by atoms with Crippen LogP contribution in [0.3, 0.4) is 0 Å². The first-order valence-electron chi connectivity index (χ1n) is 20.0. The van der Waals surface area contributed by atoms with Gasteiger partial charge in [-0.3, -0.25) is 9.59 Å². The molecule has 3 atom stereocenters. The number of phenolic OH excluding ortho intramolecular Hbond substituents is 2. The van der Waals surface area contributed by atoms with Crippen LogP contribution in [0.15, 0.2) is 90.8 Å². The van der Waals surface area contributed by atoms with Crippen LogP contribution in [0, 0.1) is 5.92 Å². The van der Waals surface area contributed by atoms with E-state index in [1.807, 2.05) is 48.7 Å². The number of H-pyrrole nitrogens is 1. The van der Waals surface area contributed by atoms with Crippen LogP contribution < -0.4 is 9.72 Å². The quantitative estimate of drug-likeness (QED) is 0.122. The average Bonchev–Trinajstić information content (AvgIpc) is 3.97. The van der Waals surface area contributed by atoms with Gasteiger partial charge in [0.25, 0.3) is 0 Å². The van der Waals surface area contributed by atoms with Gasteiger partial charge in [-0.25, -0.2) is 0 Å². The number of aliphatic hydroxyl groups is 1. The topological polar surface area (TPSA) is 148 Å². The number of hydrogen-bond acceptors (Lipinski definition) is 6. The number of nitrogens with one attached hydrogen (secondary N) is 1. The van der Waals surface area contributed by atoms with Gasteiger partial charge in [-0.05, 0) is 116 Å². The summed E-state index contributed by atoms with van der Waals surface area (Å²) >= 11 is 0. The lowest BCUT2D eigenvalue weighted by Crippen LogP contribution is -2.32. The monoisotopic (exact) mass is 751 g/mol. The fraction of sp³-hybridized carbons (Fsp3) is 0.362. The maximum atomic E-state index is 14.5. The van der Waals surface area contributed by atoms with Crippen molar-refractivity contribution in [1.29, 1.82) is 0 Å². The Labute approximate surface area is 327 Å². The lowest BCUT2D eigenvalue weighted by Gasteiger charge is -2.37. The summed E-state index contributed by atoms with van der Waals surface area (Å²) in [5.41, 5.74) is 8.15. The number of hydrogen-bond donors (Lipinski definition) is 4. The first kappa shape index (κ1) is 37.4. The van der Waals surface area contributed by atoms with Gasteiger partial charge in [-0.15, -0.1) is 5.69 Å². The highest BCUT2D eigenvalue weighted by molar-refractivity contribution is 6.02. The highest BCUT2D eigenvalue weighted by Crippen LogP contribution is 2.44. The number of aliphatic hydroxyl groups excluding tert-OH is 1. The van der Waals surface area contributed by atoms with Crippen LogP contribution in [0.2, 0.25) is 0 Å². The summed E-state index contributed by atoms with van der Waals surface area (Å²) in [5, 5.41) is 37.9. The Morgan fingerprint density at radius 2 is 1.66 bits per heavy atom. The second-order valence-electron chi connectivity index (χ2n) is 15.8. The molecule has 5 aromatic rings. The molecule has 1 aliphatic heterocycles. The summed E-state index contributed by atoms with van der Waals surface area (Å²) in [4.78, 5) is 36.2. The van der Waals surface area contributed by atoms with Crippen molar-refractivity contribution in [1.82, 2.24) is 9.97 Å². The van der Waals surface area contributed by atoms with Gasteiger partial charge in [0.2, 0.25) is 0 Å². The molecule has 0 spiro atoms. The Kier molecular flexibility index (Phi) is 11.1. The molecule has 1 fully saturated rings. The standard InChI is InChI=1S/C47H49N3O6/c51-36-8-4-5-29(23-36)11-13-37(52)26-41-40-16-18-48-42(40)25-35-28-50-47-33(15-17-49-47)20-30-6-3-7-31(19-30)21-34-22-32(12-14-38(53)27-43(54)45(35)41)24-44(46(34)55)56-39-9-1-2-10-39/h3-8,15-19,22-25,37,39,41,45,49,51-52,55H,1-2,9-14,20-21,26-28H2/q-2/t37-,41+,45-/m1/s1. The minimum atomic E-state index is -0.739. The molecule has 4 bridgehead atoms. The molecule has 0 radical (unpaired) electrons. The number of benzene rings is 3. The number of carbonyl (C=O) groups excluding carboxylic acids is 2. The Balaban J connectivity index is 1.11. The van der Waals surface area contributed by atoms with E-state index in [4.69, 9.17) is 10.1 Å². The van der Waals surface area contributed by atoms with Crippen LogP contribution in [0.25, 0.3) is 11.4 Å². The highest BCUT2D eigenvalue weighted by Gasteiger charge is 2.36. The number of ketones is 2. The summed E-state index contributed by atoms with van der Waals surface area (Å²) in [5.74, 6) is 0.0846. The summed E-state index contributed by atoms with van der Waals surface area (Å²) in [6.07, 6.45) is 11.8. The first-order valence-corrected chi connectivity index (χ1v) is 20.0. The van der Waals surface area contributed by atoms with E-state index in [-0.39, 0.29) is 48.6 Å². The molecule has 56 heavy (non-hydrogen) atoms. The zero-order valence-corrected chi connectivity index (χ0v) is 31.6. The van der Waals surface area contributed by atoms with Gasteiger partial charge in [0, 0.05) is 24.3 Å². The van der Waals surface area contributed by atoms with E-state index in [1.165, 1.54) is 0 Å². The Bertz CT molecular complexity index is 2230. The van der Waals surface area contributed by atoms with Crippen molar-refractivity contribution in [3.8, 4) is 17.2 Å². The number of aromatic hydroxyl groups is 2. The molecule has 2 aromatic heterocycles. The molecule has 9 nitrogen and oxygen atoms in total. The molecule has 8 rings (SSSR count). The molecule has 4 N–H and O–H groups in total. The van der Waals surface area contributed by atoms with Gasteiger partial charge in [-0.2, -0.15) is 6.20 Å². The largest absolute Gasteiger partial charge is 0.664 e. The second-order valence-corrected chi connectivity index (χ2v) is 15.8. The molecule has 290 valence electrons. The fourth-order valence-electron chi connectivity index (χ4n) is 8.89. The number of carbonyl (C=O) groups is 2. The fourth-order valence-corrected chi connectivity index (χ4v) is 8.89. The van der Waals surface area contributed by atoms with Crippen molar-refractivity contribution in [3.63, 3.8) is 0 Å². The Morgan fingerprint density at radius 3 is 2.48 bits per heavy atom. The zero-order chi connectivity index (χ0) is 38.6. The summed E-state index contributed by atoms with van der Waals surface area (Å²) < 4.78 is 6.37. The van der Waals surface area contributed by atoms with Crippen LogP contribution in [-0.4, -0.2) is 50.6 Å². The smallest absolute Gasteiger partial charge is 0.161 e. The molecular formula is C47H49N3O6-2. The average molecular weight is 752 g/mol. The van der Waals surface area contributed by atoms with Crippen molar-refractivity contribution >= 4 is 23.5 Å². The molecule has 1 saturated carbocycles. The van der Waals surface area contributed by atoms with Crippen molar-refractivity contribution in [3.05, 3.63) is 141 Å². The van der Waals surface area contributed by atoms with Gasteiger partial charge in [0.05, 0.1) is 18.6 Å². The van der Waals surface area contributed by atoms with E-state index >= 15 is 0 Å². The van der Waals surface area contributed by atoms with E-state index < -0.39 is 17.9 Å². The zero-order valence-electron chi connectivity index (χ0n) is 31.6.